The van der Waals surface area contributed by atoms with Crippen molar-refractivity contribution in [1.82, 2.24) is 19.8 Å². The fourth-order valence-corrected chi connectivity index (χ4v) is 5.01. The lowest BCUT2D eigenvalue weighted by atomic mass is 10.0. The van der Waals surface area contributed by atoms with E-state index in [9.17, 15) is 14.4 Å². The summed E-state index contributed by atoms with van der Waals surface area (Å²) in [7, 11) is 0. The number of hydrogen-bond donors (Lipinski definition) is 1. The molecule has 152 valence electrons. The first-order valence-electron chi connectivity index (χ1n) is 10.3. The van der Waals surface area contributed by atoms with E-state index in [2.05, 4.69) is 4.98 Å². The number of thiophene rings is 1. The lowest BCUT2D eigenvalue weighted by Gasteiger charge is -2.28. The van der Waals surface area contributed by atoms with Gasteiger partial charge in [-0.3, -0.25) is 14.4 Å². The molecular weight excluding hydrogens is 388 g/mol. The van der Waals surface area contributed by atoms with Crippen LogP contribution in [0.5, 0.6) is 0 Å². The minimum absolute atomic E-state index is 0.0368. The molecule has 1 saturated carbocycles. The van der Waals surface area contributed by atoms with Crippen molar-refractivity contribution >= 4 is 23.2 Å². The molecule has 0 bridgehead atoms. The number of carbonyl (C=O) groups excluding carboxylic acids is 2. The topological polar surface area (TPSA) is 86.4 Å². The van der Waals surface area contributed by atoms with E-state index >= 15 is 0 Å². The first-order valence-corrected chi connectivity index (χ1v) is 11.2. The maximum atomic E-state index is 12.6. The van der Waals surface area contributed by atoms with Crippen molar-refractivity contribution in [2.75, 3.05) is 19.6 Å². The number of fused-ring (bicyclic) bond motifs is 1. The minimum atomic E-state index is -0.0908. The van der Waals surface area contributed by atoms with Crippen LogP contribution in [0, 0.1) is 5.92 Å². The number of H-pyrrole nitrogens is 1. The molecule has 2 aromatic rings. The maximum absolute atomic E-state index is 12.6. The number of hydrogen-bond acceptors (Lipinski definition) is 5. The first kappa shape index (κ1) is 18.5. The molecule has 2 aromatic heterocycles. The number of nitrogens with one attached hydrogen (secondary N) is 1. The third-order valence-corrected chi connectivity index (χ3v) is 7.04. The van der Waals surface area contributed by atoms with Gasteiger partial charge in [0.2, 0.25) is 11.8 Å². The van der Waals surface area contributed by atoms with Crippen molar-refractivity contribution in [1.29, 1.82) is 0 Å². The summed E-state index contributed by atoms with van der Waals surface area (Å²) >= 11 is 1.59. The summed E-state index contributed by atoms with van der Waals surface area (Å²) in [6, 6.07) is 3.94. The molecule has 1 aliphatic carbocycles. The largest absolute Gasteiger partial charge is 0.342 e. The second-order valence-electron chi connectivity index (χ2n) is 8.24. The van der Waals surface area contributed by atoms with Crippen molar-refractivity contribution in [3.8, 4) is 0 Å². The molecule has 8 heteroatoms. The summed E-state index contributed by atoms with van der Waals surface area (Å²) < 4.78 is 0. The number of nitrogens with zero attached hydrogens (tertiary/aromatic N) is 3. The van der Waals surface area contributed by atoms with Gasteiger partial charge in [-0.2, -0.15) is 0 Å². The predicted octanol–water partition coefficient (Wildman–Crippen LogP) is 1.68. The van der Waals surface area contributed by atoms with Crippen LogP contribution in [0.3, 0.4) is 0 Å². The lowest BCUT2D eigenvalue weighted by molar-refractivity contribution is -0.133. The molecule has 2 amide bonds. The van der Waals surface area contributed by atoms with Gasteiger partial charge in [0.25, 0.3) is 5.56 Å². The SMILES string of the molecule is O=C(Cc1cccs1)N1CCC(c2nc3c(c(=O)[nH]2)CCN(C(=O)C2CC2)C3)C1. The van der Waals surface area contributed by atoms with Crippen LogP contribution in [0.1, 0.15) is 47.1 Å². The van der Waals surface area contributed by atoms with Crippen LogP contribution >= 0.6 is 11.3 Å². The fraction of sp³-hybridized carbons (Fsp3) is 0.524. The van der Waals surface area contributed by atoms with Crippen LogP contribution in [0.25, 0.3) is 0 Å². The van der Waals surface area contributed by atoms with E-state index in [4.69, 9.17) is 4.98 Å². The molecule has 1 unspecified atom stereocenters. The molecule has 2 fully saturated rings. The van der Waals surface area contributed by atoms with E-state index < -0.39 is 0 Å². The highest BCUT2D eigenvalue weighted by Gasteiger charge is 2.36. The van der Waals surface area contributed by atoms with Crippen LogP contribution < -0.4 is 5.56 Å². The molecule has 7 nitrogen and oxygen atoms in total. The Labute approximate surface area is 172 Å². The highest BCUT2D eigenvalue weighted by Crippen LogP contribution is 2.32. The summed E-state index contributed by atoms with van der Waals surface area (Å²) in [5.41, 5.74) is 1.34. The molecule has 5 rings (SSSR count). The maximum Gasteiger partial charge on any atom is 0.254 e. The second kappa shape index (κ2) is 7.40. The highest BCUT2D eigenvalue weighted by molar-refractivity contribution is 7.10. The van der Waals surface area contributed by atoms with E-state index in [1.54, 1.807) is 11.3 Å². The van der Waals surface area contributed by atoms with E-state index in [-0.39, 0.29) is 29.2 Å². The first-order chi connectivity index (χ1) is 14.1. The third-order valence-electron chi connectivity index (χ3n) is 6.16. The standard InChI is InChI=1S/C21H24N4O3S/c26-18(10-15-2-1-9-29-15)24-7-5-14(11-24)19-22-17-12-25(21(28)13-3-4-13)8-6-16(17)20(27)23-19/h1-2,9,13-14H,3-8,10-12H2,(H,22,23,27). The fourth-order valence-electron chi connectivity index (χ4n) is 4.31. The van der Waals surface area contributed by atoms with Crippen molar-refractivity contribution in [2.45, 2.75) is 44.6 Å². The van der Waals surface area contributed by atoms with Crippen LogP contribution in [0.4, 0.5) is 0 Å². The summed E-state index contributed by atoms with van der Waals surface area (Å²) in [6.45, 7) is 2.29. The Bertz CT molecular complexity index is 996. The number of amides is 2. The van der Waals surface area contributed by atoms with E-state index in [0.29, 0.717) is 50.4 Å². The van der Waals surface area contributed by atoms with Gasteiger partial charge in [0, 0.05) is 41.9 Å². The molecule has 0 aromatic carbocycles. The van der Waals surface area contributed by atoms with Crippen LogP contribution in [0.15, 0.2) is 22.3 Å². The highest BCUT2D eigenvalue weighted by atomic mass is 32.1. The van der Waals surface area contributed by atoms with Gasteiger partial charge in [0.15, 0.2) is 0 Å². The van der Waals surface area contributed by atoms with Gasteiger partial charge in [0.1, 0.15) is 5.82 Å². The van der Waals surface area contributed by atoms with Gasteiger partial charge in [0.05, 0.1) is 18.7 Å². The summed E-state index contributed by atoms with van der Waals surface area (Å²) in [4.78, 5) is 50.1. The van der Waals surface area contributed by atoms with Crippen molar-refractivity contribution in [3.05, 3.63) is 49.8 Å². The average Bonchev–Trinajstić information content (AvgIpc) is 3.22. The zero-order valence-electron chi connectivity index (χ0n) is 16.2. The number of likely N-dealkylation sites (tertiary alicyclic amines) is 1. The minimum Gasteiger partial charge on any atom is -0.342 e. The van der Waals surface area contributed by atoms with Crippen molar-refractivity contribution in [2.24, 2.45) is 5.92 Å². The average molecular weight is 413 g/mol. The monoisotopic (exact) mass is 412 g/mol. The Kier molecular flexibility index (Phi) is 4.73. The van der Waals surface area contributed by atoms with E-state index in [1.807, 2.05) is 27.3 Å². The second-order valence-corrected chi connectivity index (χ2v) is 9.27. The molecule has 1 saturated heterocycles. The normalized spacial score (nSPS) is 21.3. The van der Waals surface area contributed by atoms with Gasteiger partial charge in [-0.05, 0) is 37.1 Å². The quantitative estimate of drug-likeness (QED) is 0.828. The lowest BCUT2D eigenvalue weighted by Crippen LogP contribution is -2.40. The third kappa shape index (κ3) is 3.73. The van der Waals surface area contributed by atoms with Gasteiger partial charge in [-0.1, -0.05) is 6.07 Å². The predicted molar refractivity (Wildman–Crippen MR) is 109 cm³/mol. The van der Waals surface area contributed by atoms with Crippen LogP contribution in [-0.4, -0.2) is 51.2 Å². The zero-order valence-corrected chi connectivity index (χ0v) is 17.0. The van der Waals surface area contributed by atoms with E-state index in [1.165, 1.54) is 0 Å². The zero-order chi connectivity index (χ0) is 20.0. The number of aromatic nitrogens is 2. The van der Waals surface area contributed by atoms with Gasteiger partial charge >= 0.3 is 0 Å². The Morgan fingerprint density at radius 1 is 1.21 bits per heavy atom. The number of aromatic amines is 1. The molecule has 2 aliphatic heterocycles. The van der Waals surface area contributed by atoms with Crippen LogP contribution in [-0.2, 0) is 29.0 Å². The molecule has 1 atom stereocenters. The molecule has 0 spiro atoms. The van der Waals surface area contributed by atoms with E-state index in [0.717, 1.165) is 29.8 Å². The summed E-state index contributed by atoms with van der Waals surface area (Å²) in [5, 5.41) is 1.98. The van der Waals surface area contributed by atoms with Gasteiger partial charge in [-0.25, -0.2) is 4.98 Å². The molecule has 0 radical (unpaired) electrons. The Morgan fingerprint density at radius 3 is 2.83 bits per heavy atom. The van der Waals surface area contributed by atoms with Gasteiger partial charge < -0.3 is 14.8 Å². The van der Waals surface area contributed by atoms with Crippen LogP contribution in [0.2, 0.25) is 0 Å². The molecule has 1 N–H and O–H groups in total. The molecule has 3 aliphatic rings. The number of carbonyl (C=O) groups is 2. The summed E-state index contributed by atoms with van der Waals surface area (Å²) in [6.07, 6.45) is 3.74. The van der Waals surface area contributed by atoms with Crippen molar-refractivity contribution in [3.63, 3.8) is 0 Å². The Balaban J connectivity index is 1.30. The molecule has 4 heterocycles. The molecular formula is C21H24N4O3S. The smallest absolute Gasteiger partial charge is 0.254 e. The number of rotatable bonds is 4. The summed E-state index contributed by atoms with van der Waals surface area (Å²) in [5.74, 6) is 1.19. The Hall–Kier alpha value is -2.48. The van der Waals surface area contributed by atoms with Gasteiger partial charge in [-0.15, -0.1) is 11.3 Å². The Morgan fingerprint density at radius 2 is 2.07 bits per heavy atom. The molecule has 29 heavy (non-hydrogen) atoms. The van der Waals surface area contributed by atoms with Crippen molar-refractivity contribution < 1.29 is 9.59 Å².